The van der Waals surface area contributed by atoms with Crippen molar-refractivity contribution in [1.82, 2.24) is 9.55 Å². The molecule has 0 radical (unpaired) electrons. The molecule has 1 aromatic carbocycles. The van der Waals surface area contributed by atoms with E-state index in [2.05, 4.69) is 10.3 Å². The minimum Gasteiger partial charge on any atom is -0.325 e. The zero-order valence-electron chi connectivity index (χ0n) is 11.8. The number of aromatic nitrogens is 2. The molecule has 0 fully saturated rings. The van der Waals surface area contributed by atoms with Gasteiger partial charge in [0.05, 0.1) is 0 Å². The maximum absolute atomic E-state index is 12.1. The second-order valence-electron chi connectivity index (χ2n) is 4.70. The summed E-state index contributed by atoms with van der Waals surface area (Å²) < 4.78 is 1.46. The maximum Gasteiger partial charge on any atom is 0.307 e. The van der Waals surface area contributed by atoms with Gasteiger partial charge in [0.2, 0.25) is 5.91 Å². The Balaban J connectivity index is 1.75. The number of carbonyl (C=O) groups is 1. The molecule has 2 aromatic heterocycles. The molecule has 3 rings (SSSR count). The Hall–Kier alpha value is -2.25. The van der Waals surface area contributed by atoms with Crippen LogP contribution in [0.3, 0.4) is 0 Å². The number of aryl methyl sites for hydroxylation is 1. The fourth-order valence-electron chi connectivity index (χ4n) is 2.04. The monoisotopic (exact) mass is 331 g/mol. The average Bonchev–Trinajstić information content (AvgIpc) is 3.13. The molecule has 22 heavy (non-hydrogen) atoms. The summed E-state index contributed by atoms with van der Waals surface area (Å²) in [5, 5.41) is 7.38. The standard InChI is InChI=1S/C15H13N3O2S2/c1-10-9-22-15(20)18(10)8-13(19)17-12-4-2-3-11(7-12)14-16-5-6-21-14/h2-7,9H,8H2,1H3,(H,17,19). The predicted octanol–water partition coefficient (Wildman–Crippen LogP) is 2.98. The molecule has 5 nitrogen and oxygen atoms in total. The van der Waals surface area contributed by atoms with Gasteiger partial charge in [-0.2, -0.15) is 0 Å². The Morgan fingerprint density at radius 3 is 2.91 bits per heavy atom. The van der Waals surface area contributed by atoms with Gasteiger partial charge in [0.15, 0.2) is 0 Å². The molecule has 0 unspecified atom stereocenters. The molecule has 0 aliphatic rings. The van der Waals surface area contributed by atoms with Crippen molar-refractivity contribution in [3.05, 3.63) is 56.6 Å². The fourth-order valence-corrected chi connectivity index (χ4v) is 3.41. The van der Waals surface area contributed by atoms with E-state index in [1.54, 1.807) is 22.9 Å². The number of carbonyl (C=O) groups excluding carboxylic acids is 1. The van der Waals surface area contributed by atoms with Crippen LogP contribution in [0.4, 0.5) is 5.69 Å². The van der Waals surface area contributed by atoms with Crippen LogP contribution >= 0.6 is 22.7 Å². The van der Waals surface area contributed by atoms with Crippen LogP contribution in [0.2, 0.25) is 0 Å². The minimum atomic E-state index is -0.222. The number of hydrogen-bond donors (Lipinski definition) is 1. The van der Waals surface area contributed by atoms with Gasteiger partial charge in [0.25, 0.3) is 0 Å². The van der Waals surface area contributed by atoms with Crippen LogP contribution in [-0.4, -0.2) is 15.5 Å². The van der Waals surface area contributed by atoms with Crippen molar-refractivity contribution < 1.29 is 4.79 Å². The SMILES string of the molecule is Cc1csc(=O)n1CC(=O)Nc1cccc(-c2nccs2)c1. The van der Waals surface area contributed by atoms with E-state index < -0.39 is 0 Å². The topological polar surface area (TPSA) is 64.0 Å². The number of thiazole rings is 2. The second-order valence-corrected chi connectivity index (χ2v) is 6.41. The number of amides is 1. The lowest BCUT2D eigenvalue weighted by molar-refractivity contribution is -0.116. The van der Waals surface area contributed by atoms with Gasteiger partial charge < -0.3 is 5.32 Å². The summed E-state index contributed by atoms with van der Waals surface area (Å²) in [6.07, 6.45) is 1.75. The zero-order chi connectivity index (χ0) is 15.5. The molecular weight excluding hydrogens is 318 g/mol. The average molecular weight is 331 g/mol. The van der Waals surface area contributed by atoms with Gasteiger partial charge in [-0.15, -0.1) is 11.3 Å². The lowest BCUT2D eigenvalue weighted by atomic mass is 10.2. The molecule has 7 heteroatoms. The normalized spacial score (nSPS) is 10.6. The van der Waals surface area contributed by atoms with Crippen LogP contribution in [0.15, 0.2) is 46.0 Å². The van der Waals surface area contributed by atoms with Crippen LogP contribution in [0, 0.1) is 6.92 Å². The first-order chi connectivity index (χ1) is 10.6. The summed E-state index contributed by atoms with van der Waals surface area (Å²) in [6.45, 7) is 1.84. The van der Waals surface area contributed by atoms with Crippen LogP contribution < -0.4 is 10.2 Å². The predicted molar refractivity (Wildman–Crippen MR) is 89.5 cm³/mol. The third-order valence-corrected chi connectivity index (χ3v) is 4.81. The van der Waals surface area contributed by atoms with Gasteiger partial charge in [-0.1, -0.05) is 23.5 Å². The third-order valence-electron chi connectivity index (χ3n) is 3.10. The summed E-state index contributed by atoms with van der Waals surface area (Å²) in [7, 11) is 0. The van der Waals surface area contributed by atoms with Crippen LogP contribution in [-0.2, 0) is 11.3 Å². The minimum absolute atomic E-state index is 0.0235. The summed E-state index contributed by atoms with van der Waals surface area (Å²) in [5.74, 6) is -0.222. The largest absolute Gasteiger partial charge is 0.325 e. The molecular formula is C15H13N3O2S2. The molecule has 1 N–H and O–H groups in total. The summed E-state index contributed by atoms with van der Waals surface area (Å²) in [5.41, 5.74) is 2.44. The molecule has 0 bridgehead atoms. The highest BCUT2D eigenvalue weighted by molar-refractivity contribution is 7.13. The molecule has 3 aromatic rings. The van der Waals surface area contributed by atoms with Gasteiger partial charge in [-0.3, -0.25) is 14.2 Å². The first-order valence-electron chi connectivity index (χ1n) is 6.58. The second kappa shape index (κ2) is 6.25. The van der Waals surface area contributed by atoms with Crippen molar-refractivity contribution in [3.63, 3.8) is 0 Å². The van der Waals surface area contributed by atoms with E-state index in [1.165, 1.54) is 4.57 Å². The number of anilines is 1. The molecule has 0 aliphatic heterocycles. The van der Waals surface area contributed by atoms with E-state index in [9.17, 15) is 9.59 Å². The number of benzene rings is 1. The van der Waals surface area contributed by atoms with Gasteiger partial charge in [-0.05, 0) is 19.1 Å². The van der Waals surface area contributed by atoms with E-state index in [1.807, 2.05) is 36.6 Å². The molecule has 0 aliphatic carbocycles. The Morgan fingerprint density at radius 2 is 2.23 bits per heavy atom. The Bertz CT molecular complexity index is 850. The molecule has 0 saturated heterocycles. The van der Waals surface area contributed by atoms with E-state index in [-0.39, 0.29) is 17.3 Å². The molecule has 0 spiro atoms. The number of hydrogen-bond acceptors (Lipinski definition) is 5. The number of nitrogens with one attached hydrogen (secondary N) is 1. The van der Waals surface area contributed by atoms with Crippen molar-refractivity contribution in [2.24, 2.45) is 0 Å². The summed E-state index contributed by atoms with van der Waals surface area (Å²) in [6, 6.07) is 7.51. The number of rotatable bonds is 4. The van der Waals surface area contributed by atoms with Crippen molar-refractivity contribution in [1.29, 1.82) is 0 Å². The summed E-state index contributed by atoms with van der Waals surface area (Å²) in [4.78, 5) is 27.9. The molecule has 2 heterocycles. The van der Waals surface area contributed by atoms with Gasteiger partial charge in [0, 0.05) is 33.9 Å². The highest BCUT2D eigenvalue weighted by Crippen LogP contribution is 2.24. The van der Waals surface area contributed by atoms with Crippen molar-refractivity contribution in [2.75, 3.05) is 5.32 Å². The Kier molecular flexibility index (Phi) is 4.17. The molecule has 0 atom stereocenters. The van der Waals surface area contributed by atoms with Crippen LogP contribution in [0.1, 0.15) is 5.69 Å². The Labute approximate surface area is 134 Å². The zero-order valence-corrected chi connectivity index (χ0v) is 13.4. The van der Waals surface area contributed by atoms with E-state index in [0.717, 1.165) is 27.6 Å². The van der Waals surface area contributed by atoms with Crippen LogP contribution in [0.5, 0.6) is 0 Å². The lowest BCUT2D eigenvalue weighted by Gasteiger charge is -2.08. The first-order valence-corrected chi connectivity index (χ1v) is 8.34. The molecule has 0 saturated carbocycles. The van der Waals surface area contributed by atoms with Gasteiger partial charge >= 0.3 is 4.87 Å². The van der Waals surface area contributed by atoms with Crippen LogP contribution in [0.25, 0.3) is 10.6 Å². The fraction of sp³-hybridized carbons (Fsp3) is 0.133. The lowest BCUT2D eigenvalue weighted by Crippen LogP contribution is -2.25. The quantitative estimate of drug-likeness (QED) is 0.799. The maximum atomic E-state index is 12.1. The Morgan fingerprint density at radius 1 is 1.36 bits per heavy atom. The number of nitrogens with zero attached hydrogens (tertiary/aromatic N) is 2. The smallest absolute Gasteiger partial charge is 0.307 e. The summed E-state index contributed by atoms with van der Waals surface area (Å²) >= 11 is 2.64. The van der Waals surface area contributed by atoms with Gasteiger partial charge in [-0.25, -0.2) is 4.98 Å². The van der Waals surface area contributed by atoms with E-state index in [4.69, 9.17) is 0 Å². The van der Waals surface area contributed by atoms with Gasteiger partial charge in [0.1, 0.15) is 11.6 Å². The van der Waals surface area contributed by atoms with Crippen molar-refractivity contribution in [2.45, 2.75) is 13.5 Å². The molecule has 1 amide bonds. The molecule has 112 valence electrons. The van der Waals surface area contributed by atoms with Crippen molar-refractivity contribution in [3.8, 4) is 10.6 Å². The first kappa shape index (κ1) is 14.7. The highest BCUT2D eigenvalue weighted by Gasteiger charge is 2.09. The van der Waals surface area contributed by atoms with Crippen molar-refractivity contribution >= 4 is 34.3 Å². The van der Waals surface area contributed by atoms with E-state index >= 15 is 0 Å². The third kappa shape index (κ3) is 3.15. The highest BCUT2D eigenvalue weighted by atomic mass is 32.1. The van der Waals surface area contributed by atoms with E-state index in [0.29, 0.717) is 5.69 Å².